The standard InChI is InChI=1S/C29H33ClFN3O4/c1-32(15-18-6-4-3-5-7-18)17-23(30)19-10-12-33(13-11-19)26-24(31)14-21-25(28(26)38-2)34(20-8-9-20)16-22(27(21)35)29(36)37/h3-7,16,20-21H,8-15,17H2,1-2H3,(H,36,37). The molecule has 2 aliphatic carbocycles. The van der Waals surface area contributed by atoms with Gasteiger partial charge in [-0.2, -0.15) is 0 Å². The normalized spacial score (nSPS) is 22.1. The number of methoxy groups -OCH3 is 1. The second-order valence-electron chi connectivity index (χ2n) is 10.4. The van der Waals surface area contributed by atoms with Crippen LogP contribution >= 0.6 is 11.6 Å². The predicted octanol–water partition coefficient (Wildman–Crippen LogP) is 4.78. The van der Waals surface area contributed by atoms with E-state index in [1.165, 1.54) is 24.4 Å². The van der Waals surface area contributed by atoms with Crippen molar-refractivity contribution in [2.45, 2.75) is 44.7 Å². The second kappa shape index (κ2) is 10.9. The first-order chi connectivity index (χ1) is 18.3. The molecule has 2 aliphatic heterocycles. The highest BCUT2D eigenvalue weighted by atomic mass is 35.5. The number of likely N-dealkylation sites (N-methyl/N-ethyl adjacent to an activating group) is 1. The third kappa shape index (κ3) is 5.24. The summed E-state index contributed by atoms with van der Waals surface area (Å²) in [7, 11) is 3.53. The van der Waals surface area contributed by atoms with Crippen LogP contribution in [0.1, 0.15) is 37.7 Å². The van der Waals surface area contributed by atoms with E-state index in [9.17, 15) is 14.7 Å². The van der Waals surface area contributed by atoms with Gasteiger partial charge < -0.3 is 19.6 Å². The molecule has 0 spiro atoms. The molecule has 1 saturated heterocycles. The number of allylic oxidation sites excluding steroid dienone is 2. The van der Waals surface area contributed by atoms with Gasteiger partial charge in [-0.05, 0) is 38.3 Å². The number of piperidine rings is 1. The van der Waals surface area contributed by atoms with Crippen LogP contribution < -0.4 is 0 Å². The number of carbonyl (C=O) groups is 2. The maximum absolute atomic E-state index is 15.7. The molecule has 1 saturated carbocycles. The lowest BCUT2D eigenvalue weighted by molar-refractivity contribution is -0.135. The van der Waals surface area contributed by atoms with E-state index >= 15 is 4.39 Å². The number of ketones is 1. The number of Topliss-reactive ketones (excluding diaryl/α,β-unsaturated/α-hetero) is 1. The van der Waals surface area contributed by atoms with Crippen molar-refractivity contribution in [3.8, 4) is 0 Å². The highest BCUT2D eigenvalue weighted by Gasteiger charge is 2.47. The van der Waals surface area contributed by atoms with Gasteiger partial charge in [0.15, 0.2) is 11.5 Å². The minimum absolute atomic E-state index is 0.102. The Morgan fingerprint density at radius 3 is 2.50 bits per heavy atom. The number of likely N-dealkylation sites (tertiary alicyclic amines) is 1. The van der Waals surface area contributed by atoms with Crippen LogP contribution in [0.3, 0.4) is 0 Å². The molecule has 9 heteroatoms. The Kier molecular flexibility index (Phi) is 7.63. The van der Waals surface area contributed by atoms with Gasteiger partial charge >= 0.3 is 5.97 Å². The van der Waals surface area contributed by atoms with Crippen LogP contribution in [-0.2, 0) is 20.9 Å². The molecule has 7 nitrogen and oxygen atoms in total. The summed E-state index contributed by atoms with van der Waals surface area (Å²) in [5.74, 6) is -2.84. The molecule has 1 N–H and O–H groups in total. The largest absolute Gasteiger partial charge is 0.493 e. The van der Waals surface area contributed by atoms with E-state index in [0.717, 1.165) is 24.4 Å². The van der Waals surface area contributed by atoms with Gasteiger partial charge in [0.05, 0.1) is 18.7 Å². The van der Waals surface area contributed by atoms with Crippen LogP contribution in [0.5, 0.6) is 0 Å². The number of carboxylic acid groups (broad SMARTS) is 1. The number of aliphatic carboxylic acids is 1. The number of halogens is 2. The smallest absolute Gasteiger partial charge is 0.340 e. The molecule has 38 heavy (non-hydrogen) atoms. The van der Waals surface area contributed by atoms with Crippen molar-refractivity contribution in [2.75, 3.05) is 33.8 Å². The lowest BCUT2D eigenvalue weighted by Gasteiger charge is -2.41. The lowest BCUT2D eigenvalue weighted by atomic mass is 9.82. The van der Waals surface area contributed by atoms with Crippen molar-refractivity contribution in [2.24, 2.45) is 5.92 Å². The van der Waals surface area contributed by atoms with Crippen LogP contribution in [-0.4, -0.2) is 71.4 Å². The molecule has 202 valence electrons. The van der Waals surface area contributed by atoms with Gasteiger partial charge in [0, 0.05) is 49.9 Å². The average Bonchev–Trinajstić information content (AvgIpc) is 3.74. The fourth-order valence-electron chi connectivity index (χ4n) is 5.65. The van der Waals surface area contributed by atoms with E-state index in [1.54, 1.807) is 0 Å². The Morgan fingerprint density at radius 2 is 1.89 bits per heavy atom. The van der Waals surface area contributed by atoms with Gasteiger partial charge in [-0.1, -0.05) is 47.5 Å². The summed E-state index contributed by atoms with van der Waals surface area (Å²) in [5, 5.41) is 10.4. The van der Waals surface area contributed by atoms with E-state index < -0.39 is 23.5 Å². The van der Waals surface area contributed by atoms with Crippen molar-refractivity contribution in [3.05, 3.63) is 81.3 Å². The highest BCUT2D eigenvalue weighted by Crippen LogP contribution is 2.47. The molecule has 0 amide bonds. The monoisotopic (exact) mass is 541 g/mol. The predicted molar refractivity (Wildman–Crippen MR) is 142 cm³/mol. The number of rotatable bonds is 8. The van der Waals surface area contributed by atoms with Gasteiger partial charge in [-0.15, -0.1) is 0 Å². The van der Waals surface area contributed by atoms with Gasteiger partial charge in [0.25, 0.3) is 0 Å². The summed E-state index contributed by atoms with van der Waals surface area (Å²) >= 11 is 6.75. The number of carbonyl (C=O) groups excluding carboxylic acids is 1. The summed E-state index contributed by atoms with van der Waals surface area (Å²) in [5.41, 5.74) is 3.07. The van der Waals surface area contributed by atoms with Gasteiger partial charge in [0.2, 0.25) is 0 Å². The zero-order valence-electron chi connectivity index (χ0n) is 21.8. The molecule has 2 heterocycles. The molecule has 0 bridgehead atoms. The van der Waals surface area contributed by atoms with Crippen LogP contribution in [0, 0.1) is 5.92 Å². The Morgan fingerprint density at radius 1 is 1.21 bits per heavy atom. The SMILES string of the molecule is COC1=C2C(CC(F)=C1N1CCC(=C(Cl)CN(C)Cc3ccccc3)CC1)C(=O)C(C(=O)O)=CN2C1CC1. The zero-order valence-corrected chi connectivity index (χ0v) is 22.5. The second-order valence-corrected chi connectivity index (χ2v) is 10.9. The minimum Gasteiger partial charge on any atom is -0.493 e. The Hall–Kier alpha value is -3.10. The summed E-state index contributed by atoms with van der Waals surface area (Å²) in [4.78, 5) is 30.7. The van der Waals surface area contributed by atoms with Crippen LogP contribution in [0.15, 0.2) is 75.7 Å². The average molecular weight is 542 g/mol. The van der Waals surface area contributed by atoms with Crippen molar-refractivity contribution >= 4 is 23.4 Å². The first-order valence-corrected chi connectivity index (χ1v) is 13.4. The minimum atomic E-state index is -1.28. The van der Waals surface area contributed by atoms with E-state index in [-0.39, 0.29) is 18.0 Å². The number of hydrogen-bond acceptors (Lipinski definition) is 6. The van der Waals surface area contributed by atoms with E-state index in [0.29, 0.717) is 49.6 Å². The molecule has 0 radical (unpaired) electrons. The van der Waals surface area contributed by atoms with Crippen molar-refractivity contribution in [1.29, 1.82) is 0 Å². The quantitative estimate of drug-likeness (QED) is 0.475. The molecule has 0 aromatic heterocycles. The number of carboxylic acids is 1. The highest BCUT2D eigenvalue weighted by molar-refractivity contribution is 6.30. The Balaban J connectivity index is 1.33. The summed E-state index contributed by atoms with van der Waals surface area (Å²) in [6.45, 7) is 2.60. The van der Waals surface area contributed by atoms with Crippen LogP contribution in [0.4, 0.5) is 4.39 Å². The topological polar surface area (TPSA) is 73.3 Å². The summed E-state index contributed by atoms with van der Waals surface area (Å²) < 4.78 is 21.4. The number of ether oxygens (including phenoxy) is 1. The van der Waals surface area contributed by atoms with Crippen LogP contribution in [0.2, 0.25) is 0 Å². The number of nitrogens with zero attached hydrogens (tertiary/aromatic N) is 3. The number of benzene rings is 1. The molecule has 2 fully saturated rings. The third-order valence-corrected chi connectivity index (χ3v) is 8.08. The van der Waals surface area contributed by atoms with E-state index in [1.807, 2.05) is 35.0 Å². The fraction of sp³-hybridized carbons (Fsp3) is 0.448. The summed E-state index contributed by atoms with van der Waals surface area (Å²) in [6, 6.07) is 10.3. The van der Waals surface area contributed by atoms with Crippen molar-refractivity contribution in [3.63, 3.8) is 0 Å². The van der Waals surface area contributed by atoms with E-state index in [4.69, 9.17) is 16.3 Å². The third-order valence-electron chi connectivity index (χ3n) is 7.69. The van der Waals surface area contributed by atoms with Gasteiger partial charge in [0.1, 0.15) is 17.1 Å². The molecule has 1 aromatic carbocycles. The van der Waals surface area contributed by atoms with Crippen LogP contribution in [0.25, 0.3) is 0 Å². The van der Waals surface area contributed by atoms with Gasteiger partial charge in [-0.25, -0.2) is 9.18 Å². The molecular weight excluding hydrogens is 509 g/mol. The number of fused-ring (bicyclic) bond motifs is 1. The maximum Gasteiger partial charge on any atom is 0.340 e. The fourth-order valence-corrected chi connectivity index (χ4v) is 6.05. The molecule has 5 rings (SSSR count). The number of hydrogen-bond donors (Lipinski definition) is 1. The Labute approximate surface area is 227 Å². The molecular formula is C29H33ClFN3O4. The van der Waals surface area contributed by atoms with Crippen molar-refractivity contribution in [1.82, 2.24) is 14.7 Å². The van der Waals surface area contributed by atoms with Gasteiger partial charge in [-0.3, -0.25) is 9.69 Å². The molecule has 1 aromatic rings. The Bertz CT molecular complexity index is 1240. The maximum atomic E-state index is 15.7. The molecule has 1 unspecified atom stereocenters. The molecule has 4 aliphatic rings. The van der Waals surface area contributed by atoms with Crippen molar-refractivity contribution < 1.29 is 23.8 Å². The van der Waals surface area contributed by atoms with E-state index in [2.05, 4.69) is 17.0 Å². The summed E-state index contributed by atoms with van der Waals surface area (Å²) in [6.07, 6.45) is 4.45. The first-order valence-electron chi connectivity index (χ1n) is 13.1. The first kappa shape index (κ1) is 26.5. The molecule has 1 atom stereocenters. The zero-order chi connectivity index (χ0) is 27.0. The lowest BCUT2D eigenvalue weighted by Crippen LogP contribution is -2.42.